The maximum Gasteiger partial charge on any atom is 0.247 e. The molecule has 1 aliphatic heterocycles. The van der Waals surface area contributed by atoms with E-state index in [4.69, 9.17) is 0 Å². The molecule has 1 atom stereocenters. The van der Waals surface area contributed by atoms with E-state index < -0.39 is 16.1 Å². The first kappa shape index (κ1) is 15.7. The van der Waals surface area contributed by atoms with Crippen molar-refractivity contribution in [3.8, 4) is 0 Å². The lowest BCUT2D eigenvalue weighted by atomic mass is 10.1. The van der Waals surface area contributed by atoms with Gasteiger partial charge < -0.3 is 9.88 Å². The maximum absolute atomic E-state index is 12.2. The number of rotatable bonds is 4. The maximum atomic E-state index is 12.2. The van der Waals surface area contributed by atoms with Gasteiger partial charge in [0.1, 0.15) is 0 Å². The highest BCUT2D eigenvalue weighted by Crippen LogP contribution is 2.11. The first-order valence-corrected chi connectivity index (χ1v) is 8.38. The summed E-state index contributed by atoms with van der Waals surface area (Å²) in [6.45, 7) is 2.87. The van der Waals surface area contributed by atoms with E-state index in [-0.39, 0.29) is 16.4 Å². The lowest BCUT2D eigenvalue weighted by Crippen LogP contribution is -2.48. The predicted molar refractivity (Wildman–Crippen MR) is 77.3 cm³/mol. The van der Waals surface area contributed by atoms with Gasteiger partial charge in [-0.05, 0) is 32.3 Å². The van der Waals surface area contributed by atoms with Crippen molar-refractivity contribution in [2.75, 3.05) is 13.1 Å². The van der Waals surface area contributed by atoms with Gasteiger partial charge in [0, 0.05) is 25.4 Å². The molecule has 1 saturated heterocycles. The highest BCUT2D eigenvalue weighted by Gasteiger charge is 2.26. The Bertz CT molecular complexity index is 642. The fourth-order valence-electron chi connectivity index (χ4n) is 2.30. The summed E-state index contributed by atoms with van der Waals surface area (Å²) < 4.78 is 26.6. The molecule has 0 aromatic carbocycles. The second-order valence-corrected chi connectivity index (χ2v) is 6.83. The van der Waals surface area contributed by atoms with E-state index in [1.165, 1.54) is 13.0 Å². The van der Waals surface area contributed by atoms with Crippen LogP contribution in [0.4, 0.5) is 0 Å². The number of amides is 1. The van der Waals surface area contributed by atoms with Crippen molar-refractivity contribution in [3.63, 3.8) is 0 Å². The summed E-state index contributed by atoms with van der Waals surface area (Å²) in [5.41, 5.74) is -0.383. The monoisotopic (exact) mass is 313 g/mol. The Morgan fingerprint density at radius 3 is 2.52 bits per heavy atom. The number of nitrogens with one attached hydrogen (secondary N) is 2. The molecule has 1 amide bonds. The molecule has 2 N–H and O–H groups in total. The van der Waals surface area contributed by atoms with Crippen LogP contribution in [0.5, 0.6) is 0 Å². The molecule has 0 saturated carbocycles. The Morgan fingerprint density at radius 1 is 1.29 bits per heavy atom. The van der Waals surface area contributed by atoms with Gasteiger partial charge in [-0.2, -0.15) is 4.72 Å². The SMILES string of the molecule is CC(NS(=O)(=O)c1ccc(=O)[nH]c1)C(=O)N1CCCCC1. The number of carbonyl (C=O) groups is 1. The number of piperidine rings is 1. The average molecular weight is 313 g/mol. The lowest BCUT2D eigenvalue weighted by Gasteiger charge is -2.29. The number of aromatic amines is 1. The van der Waals surface area contributed by atoms with Crippen LogP contribution in [0.15, 0.2) is 28.0 Å². The van der Waals surface area contributed by atoms with Crippen molar-refractivity contribution in [2.45, 2.75) is 37.1 Å². The highest BCUT2D eigenvalue weighted by atomic mass is 32.2. The minimum Gasteiger partial charge on any atom is -0.341 e. The molecular formula is C13H19N3O4S. The molecular weight excluding hydrogens is 294 g/mol. The van der Waals surface area contributed by atoms with Gasteiger partial charge >= 0.3 is 0 Å². The van der Waals surface area contributed by atoms with Gasteiger partial charge in [-0.25, -0.2) is 8.42 Å². The number of hydrogen-bond acceptors (Lipinski definition) is 4. The van der Waals surface area contributed by atoms with Gasteiger partial charge in [0.25, 0.3) is 0 Å². The fourth-order valence-corrected chi connectivity index (χ4v) is 3.47. The van der Waals surface area contributed by atoms with Crippen LogP contribution < -0.4 is 10.3 Å². The van der Waals surface area contributed by atoms with Crippen molar-refractivity contribution in [3.05, 3.63) is 28.7 Å². The molecule has 7 nitrogen and oxygen atoms in total. The number of sulfonamides is 1. The van der Waals surface area contributed by atoms with Gasteiger partial charge in [0.15, 0.2) is 0 Å². The van der Waals surface area contributed by atoms with Gasteiger partial charge in [0.2, 0.25) is 21.5 Å². The minimum atomic E-state index is -3.83. The zero-order chi connectivity index (χ0) is 15.5. The summed E-state index contributed by atoms with van der Waals surface area (Å²) in [5, 5.41) is 0. The van der Waals surface area contributed by atoms with Crippen LogP contribution in [0.25, 0.3) is 0 Å². The van der Waals surface area contributed by atoms with Crippen LogP contribution in [0.1, 0.15) is 26.2 Å². The van der Waals surface area contributed by atoms with E-state index in [0.29, 0.717) is 13.1 Å². The van der Waals surface area contributed by atoms with Crippen molar-refractivity contribution in [1.29, 1.82) is 0 Å². The van der Waals surface area contributed by atoms with Gasteiger partial charge in [-0.1, -0.05) is 0 Å². The van der Waals surface area contributed by atoms with Crippen LogP contribution in [-0.4, -0.2) is 43.3 Å². The van der Waals surface area contributed by atoms with Crippen molar-refractivity contribution < 1.29 is 13.2 Å². The van der Waals surface area contributed by atoms with Gasteiger partial charge in [-0.3, -0.25) is 9.59 Å². The molecule has 1 unspecified atom stereocenters. The molecule has 0 aliphatic carbocycles. The Kier molecular flexibility index (Phi) is 4.79. The Hall–Kier alpha value is -1.67. The predicted octanol–water partition coefficient (Wildman–Crippen LogP) is 0.0542. The Labute approximate surface area is 123 Å². The summed E-state index contributed by atoms with van der Waals surface area (Å²) >= 11 is 0. The van der Waals surface area contributed by atoms with Gasteiger partial charge in [-0.15, -0.1) is 0 Å². The molecule has 1 aliphatic rings. The summed E-state index contributed by atoms with van der Waals surface area (Å²) in [6, 6.07) is 1.50. The normalized spacial score (nSPS) is 17.5. The molecule has 1 aromatic rings. The van der Waals surface area contributed by atoms with Crippen molar-refractivity contribution in [1.82, 2.24) is 14.6 Å². The van der Waals surface area contributed by atoms with Crippen LogP contribution >= 0.6 is 0 Å². The molecule has 116 valence electrons. The quantitative estimate of drug-likeness (QED) is 0.820. The summed E-state index contributed by atoms with van der Waals surface area (Å²) in [7, 11) is -3.83. The number of H-pyrrole nitrogens is 1. The second-order valence-electron chi connectivity index (χ2n) is 5.12. The third kappa shape index (κ3) is 3.92. The number of hydrogen-bond donors (Lipinski definition) is 2. The second kappa shape index (κ2) is 6.40. The molecule has 0 spiro atoms. The van der Waals surface area contributed by atoms with E-state index in [9.17, 15) is 18.0 Å². The molecule has 1 fully saturated rings. The van der Waals surface area contributed by atoms with Crippen LogP contribution in [0.3, 0.4) is 0 Å². The summed E-state index contributed by atoms with van der Waals surface area (Å²) in [4.78, 5) is 27.1. The number of carbonyl (C=O) groups excluding carboxylic acids is 1. The summed E-state index contributed by atoms with van der Waals surface area (Å²) in [6.07, 6.45) is 4.11. The minimum absolute atomic E-state index is 0.0691. The highest BCUT2D eigenvalue weighted by molar-refractivity contribution is 7.89. The smallest absolute Gasteiger partial charge is 0.247 e. The van der Waals surface area contributed by atoms with Crippen LogP contribution in [-0.2, 0) is 14.8 Å². The first-order valence-electron chi connectivity index (χ1n) is 6.90. The molecule has 21 heavy (non-hydrogen) atoms. The standard InChI is InChI=1S/C13H19N3O4S/c1-10(13(18)16-7-3-2-4-8-16)15-21(19,20)11-5-6-12(17)14-9-11/h5-6,9-10,15H,2-4,7-8H2,1H3,(H,14,17). The lowest BCUT2D eigenvalue weighted by molar-refractivity contribution is -0.133. The zero-order valence-corrected chi connectivity index (χ0v) is 12.6. The molecule has 1 aromatic heterocycles. The molecule has 0 bridgehead atoms. The molecule has 2 rings (SSSR count). The molecule has 0 radical (unpaired) electrons. The third-order valence-electron chi connectivity index (χ3n) is 3.44. The summed E-state index contributed by atoms with van der Waals surface area (Å²) in [5.74, 6) is -0.220. The van der Waals surface area contributed by atoms with E-state index in [2.05, 4.69) is 9.71 Å². The zero-order valence-electron chi connectivity index (χ0n) is 11.8. The molecule has 8 heteroatoms. The number of aromatic nitrogens is 1. The number of likely N-dealkylation sites (tertiary alicyclic amines) is 1. The fraction of sp³-hybridized carbons (Fsp3) is 0.538. The molecule has 2 heterocycles. The van der Waals surface area contributed by atoms with E-state index >= 15 is 0 Å². The number of nitrogens with zero attached hydrogens (tertiary/aromatic N) is 1. The first-order chi connectivity index (χ1) is 9.90. The van der Waals surface area contributed by atoms with Gasteiger partial charge in [0.05, 0.1) is 10.9 Å². The number of pyridine rings is 1. The van der Waals surface area contributed by atoms with E-state index in [1.807, 2.05) is 0 Å². The van der Waals surface area contributed by atoms with Crippen molar-refractivity contribution in [2.24, 2.45) is 0 Å². The average Bonchev–Trinajstić information content (AvgIpc) is 2.47. The Morgan fingerprint density at radius 2 is 1.95 bits per heavy atom. The van der Waals surface area contributed by atoms with E-state index in [0.717, 1.165) is 31.5 Å². The largest absolute Gasteiger partial charge is 0.341 e. The van der Waals surface area contributed by atoms with E-state index in [1.54, 1.807) is 4.90 Å². The topological polar surface area (TPSA) is 99.3 Å². The van der Waals surface area contributed by atoms with Crippen LogP contribution in [0, 0.1) is 0 Å². The Balaban J connectivity index is 2.06. The van der Waals surface area contributed by atoms with Crippen molar-refractivity contribution >= 4 is 15.9 Å². The third-order valence-corrected chi connectivity index (χ3v) is 4.97. The van der Waals surface area contributed by atoms with Crippen LogP contribution in [0.2, 0.25) is 0 Å².